The van der Waals surface area contributed by atoms with E-state index in [2.05, 4.69) is 22.7 Å². The minimum absolute atomic E-state index is 0.0832. The van der Waals surface area contributed by atoms with Crippen LogP contribution >= 0.6 is 0 Å². The molecule has 0 radical (unpaired) electrons. The average molecular weight is 286 g/mol. The number of fused-ring (bicyclic) bond motifs is 1. The van der Waals surface area contributed by atoms with Crippen LogP contribution in [0.1, 0.15) is 24.2 Å². The van der Waals surface area contributed by atoms with Gasteiger partial charge in [0.25, 0.3) is 5.91 Å². The van der Waals surface area contributed by atoms with Crippen LogP contribution in [0.2, 0.25) is 0 Å². The summed E-state index contributed by atoms with van der Waals surface area (Å²) in [5.74, 6) is 0.601. The second-order valence-electron chi connectivity index (χ2n) is 5.18. The number of anilines is 1. The van der Waals surface area contributed by atoms with E-state index in [0.717, 1.165) is 22.7 Å². The molecule has 2 N–H and O–H groups in total. The van der Waals surface area contributed by atoms with E-state index in [1.54, 1.807) is 4.68 Å². The minimum atomic E-state index is -0.117. The van der Waals surface area contributed by atoms with Gasteiger partial charge in [0.05, 0.1) is 11.4 Å². The maximum absolute atomic E-state index is 11.4. The zero-order valence-corrected chi connectivity index (χ0v) is 12.1. The van der Waals surface area contributed by atoms with Crippen LogP contribution in [-0.4, -0.2) is 22.3 Å². The molecule has 1 aliphatic heterocycles. The lowest BCUT2D eigenvalue weighted by molar-refractivity contribution is -0.118. The number of benzene rings is 1. The molecule has 6 heteroatoms. The number of hydrogen-bond acceptors (Lipinski definition) is 4. The normalized spacial score (nSPS) is 15.0. The zero-order chi connectivity index (χ0) is 14.8. The smallest absolute Gasteiger partial charge is 0.262 e. The van der Waals surface area contributed by atoms with E-state index in [-0.39, 0.29) is 18.6 Å². The first-order valence-electron chi connectivity index (χ1n) is 6.90. The van der Waals surface area contributed by atoms with Crippen LogP contribution in [0.15, 0.2) is 30.5 Å². The van der Waals surface area contributed by atoms with Crippen molar-refractivity contribution in [3.63, 3.8) is 0 Å². The molecule has 110 valence electrons. The van der Waals surface area contributed by atoms with Crippen LogP contribution in [0.5, 0.6) is 5.75 Å². The molecule has 3 rings (SSSR count). The van der Waals surface area contributed by atoms with E-state index < -0.39 is 0 Å². The Morgan fingerprint density at radius 2 is 2.33 bits per heavy atom. The number of carbonyl (C=O) groups excluding carboxylic acids is 1. The zero-order valence-electron chi connectivity index (χ0n) is 12.1. The molecule has 1 aromatic heterocycles. The first-order valence-corrected chi connectivity index (χ1v) is 6.90. The predicted molar refractivity (Wildman–Crippen MR) is 79.0 cm³/mol. The number of amides is 1. The fourth-order valence-corrected chi connectivity index (χ4v) is 2.30. The Morgan fingerprint density at radius 3 is 3.10 bits per heavy atom. The number of rotatable bonds is 4. The fourth-order valence-electron chi connectivity index (χ4n) is 2.30. The highest BCUT2D eigenvalue weighted by Gasteiger charge is 2.17. The van der Waals surface area contributed by atoms with Gasteiger partial charge in [-0.3, -0.25) is 9.48 Å². The van der Waals surface area contributed by atoms with Gasteiger partial charge in [0.15, 0.2) is 6.61 Å². The van der Waals surface area contributed by atoms with Gasteiger partial charge in [-0.1, -0.05) is 6.07 Å². The summed E-state index contributed by atoms with van der Waals surface area (Å²) in [4.78, 5) is 11.4. The second-order valence-corrected chi connectivity index (χ2v) is 5.18. The molecule has 1 aliphatic rings. The molecule has 0 fully saturated rings. The van der Waals surface area contributed by atoms with Gasteiger partial charge in [-0.25, -0.2) is 0 Å². The Kier molecular flexibility index (Phi) is 3.62. The standard InChI is InChI=1S/C15H18N4O2/c1-10(16-8-12-5-6-19(2)18-12)11-3-4-14-13(7-11)17-15(20)9-21-14/h3-7,10,16H,8-9H2,1-2H3,(H,17,20). The summed E-state index contributed by atoms with van der Waals surface area (Å²) in [6.45, 7) is 2.86. The predicted octanol–water partition coefficient (Wildman–Crippen LogP) is 1.60. The van der Waals surface area contributed by atoms with Crippen molar-refractivity contribution in [1.82, 2.24) is 15.1 Å². The van der Waals surface area contributed by atoms with Crippen molar-refractivity contribution in [1.29, 1.82) is 0 Å². The van der Waals surface area contributed by atoms with E-state index in [1.807, 2.05) is 37.5 Å². The van der Waals surface area contributed by atoms with Crippen molar-refractivity contribution in [2.45, 2.75) is 19.5 Å². The third-order valence-electron chi connectivity index (χ3n) is 3.49. The van der Waals surface area contributed by atoms with Crippen molar-refractivity contribution < 1.29 is 9.53 Å². The van der Waals surface area contributed by atoms with Crippen molar-refractivity contribution >= 4 is 11.6 Å². The van der Waals surface area contributed by atoms with Gasteiger partial charge in [-0.05, 0) is 30.7 Å². The number of carbonyl (C=O) groups is 1. The molecule has 1 amide bonds. The third kappa shape index (κ3) is 3.05. The number of aryl methyl sites for hydroxylation is 1. The Labute approximate surface area is 123 Å². The van der Waals surface area contributed by atoms with Gasteiger partial charge >= 0.3 is 0 Å². The minimum Gasteiger partial charge on any atom is -0.482 e. The van der Waals surface area contributed by atoms with Crippen molar-refractivity contribution in [2.75, 3.05) is 11.9 Å². The third-order valence-corrected chi connectivity index (χ3v) is 3.49. The molecule has 0 spiro atoms. The molecule has 0 bridgehead atoms. The second kappa shape index (κ2) is 5.57. The van der Waals surface area contributed by atoms with Gasteiger partial charge < -0.3 is 15.4 Å². The van der Waals surface area contributed by atoms with E-state index >= 15 is 0 Å². The maximum Gasteiger partial charge on any atom is 0.262 e. The van der Waals surface area contributed by atoms with E-state index in [1.165, 1.54) is 0 Å². The summed E-state index contributed by atoms with van der Waals surface area (Å²) in [5.41, 5.74) is 2.82. The van der Waals surface area contributed by atoms with E-state index in [0.29, 0.717) is 6.54 Å². The Morgan fingerprint density at radius 1 is 1.48 bits per heavy atom. The topological polar surface area (TPSA) is 68.2 Å². The lowest BCUT2D eigenvalue weighted by Gasteiger charge is -2.20. The summed E-state index contributed by atoms with van der Waals surface area (Å²) >= 11 is 0. The lowest BCUT2D eigenvalue weighted by atomic mass is 10.1. The van der Waals surface area contributed by atoms with E-state index in [4.69, 9.17) is 4.74 Å². The van der Waals surface area contributed by atoms with Crippen LogP contribution in [-0.2, 0) is 18.4 Å². The molecule has 2 heterocycles. The largest absolute Gasteiger partial charge is 0.482 e. The van der Waals surface area contributed by atoms with Gasteiger partial charge in [0.1, 0.15) is 5.75 Å². The quantitative estimate of drug-likeness (QED) is 0.896. The SMILES string of the molecule is CC(NCc1ccn(C)n1)c1ccc2c(c1)NC(=O)CO2. The average Bonchev–Trinajstić information content (AvgIpc) is 2.89. The first-order chi connectivity index (χ1) is 10.1. The lowest BCUT2D eigenvalue weighted by Crippen LogP contribution is -2.26. The highest BCUT2D eigenvalue weighted by Crippen LogP contribution is 2.30. The molecule has 6 nitrogen and oxygen atoms in total. The first kappa shape index (κ1) is 13.6. The number of aromatic nitrogens is 2. The molecule has 0 saturated carbocycles. The molecule has 1 unspecified atom stereocenters. The highest BCUT2D eigenvalue weighted by atomic mass is 16.5. The fraction of sp³-hybridized carbons (Fsp3) is 0.333. The molecule has 1 atom stereocenters. The summed E-state index contributed by atoms with van der Waals surface area (Å²) in [6, 6.07) is 7.98. The van der Waals surface area contributed by atoms with Crippen molar-refractivity contribution in [2.24, 2.45) is 7.05 Å². The number of nitrogens with one attached hydrogen (secondary N) is 2. The summed E-state index contributed by atoms with van der Waals surface area (Å²) in [6.07, 6.45) is 1.92. The van der Waals surface area contributed by atoms with Gasteiger partial charge in [0, 0.05) is 25.8 Å². The van der Waals surface area contributed by atoms with Gasteiger partial charge in [0.2, 0.25) is 0 Å². The highest BCUT2D eigenvalue weighted by molar-refractivity contribution is 5.95. The van der Waals surface area contributed by atoms with Gasteiger partial charge in [-0.15, -0.1) is 0 Å². The monoisotopic (exact) mass is 286 g/mol. The number of hydrogen-bond donors (Lipinski definition) is 2. The van der Waals surface area contributed by atoms with Crippen LogP contribution in [0.4, 0.5) is 5.69 Å². The van der Waals surface area contributed by atoms with Crippen molar-refractivity contribution in [3.8, 4) is 5.75 Å². The molecule has 0 aliphatic carbocycles. The maximum atomic E-state index is 11.4. The van der Waals surface area contributed by atoms with E-state index in [9.17, 15) is 4.79 Å². The van der Waals surface area contributed by atoms with Crippen LogP contribution in [0, 0.1) is 0 Å². The number of nitrogens with zero attached hydrogens (tertiary/aromatic N) is 2. The molecule has 0 saturated heterocycles. The Bertz CT molecular complexity index is 665. The van der Waals surface area contributed by atoms with Crippen LogP contribution in [0.3, 0.4) is 0 Å². The summed E-state index contributed by atoms with van der Waals surface area (Å²) in [5, 5.41) is 10.6. The molecular formula is C15H18N4O2. The molecular weight excluding hydrogens is 268 g/mol. The molecule has 21 heavy (non-hydrogen) atoms. The summed E-state index contributed by atoms with van der Waals surface area (Å²) in [7, 11) is 1.90. The molecule has 2 aromatic rings. The van der Waals surface area contributed by atoms with Crippen molar-refractivity contribution in [3.05, 3.63) is 41.7 Å². The molecule has 1 aromatic carbocycles. The van der Waals surface area contributed by atoms with Crippen LogP contribution in [0.25, 0.3) is 0 Å². The van der Waals surface area contributed by atoms with Gasteiger partial charge in [-0.2, -0.15) is 5.10 Å². The Balaban J connectivity index is 1.68. The van der Waals surface area contributed by atoms with Crippen LogP contribution < -0.4 is 15.4 Å². The summed E-state index contributed by atoms with van der Waals surface area (Å²) < 4.78 is 7.14. The Hall–Kier alpha value is -2.34. The number of ether oxygens (including phenoxy) is 1.